The van der Waals surface area contributed by atoms with Crippen molar-refractivity contribution in [2.24, 2.45) is 0 Å². The van der Waals surface area contributed by atoms with E-state index in [1.165, 1.54) is 31.2 Å². The number of benzene rings is 2. The molecule has 94 valence electrons. The second-order valence-electron chi connectivity index (χ2n) is 4.04. The highest BCUT2D eigenvalue weighted by Crippen LogP contribution is 2.34. The van der Waals surface area contributed by atoms with Crippen molar-refractivity contribution in [3.8, 4) is 11.1 Å². The summed E-state index contributed by atoms with van der Waals surface area (Å²) in [6.07, 6.45) is -4.40. The van der Waals surface area contributed by atoms with Crippen LogP contribution >= 0.6 is 0 Å². The van der Waals surface area contributed by atoms with E-state index in [1.54, 1.807) is 12.1 Å². The minimum Gasteiger partial charge on any atom is -0.207 e. The molecule has 0 N–H and O–H groups in total. The van der Waals surface area contributed by atoms with Gasteiger partial charge in [0.1, 0.15) is 5.82 Å². The van der Waals surface area contributed by atoms with Gasteiger partial charge in [-0.25, -0.2) is 4.39 Å². The number of hydrogen-bond donors (Lipinski definition) is 0. The van der Waals surface area contributed by atoms with E-state index in [9.17, 15) is 17.6 Å². The SMILES string of the molecule is Cc1ccc(-c2cccc(F)c2)cc1C(F)(F)F. The number of aryl methyl sites for hydroxylation is 1. The summed E-state index contributed by atoms with van der Waals surface area (Å²) in [5, 5.41) is 0. The molecule has 0 bridgehead atoms. The summed E-state index contributed by atoms with van der Waals surface area (Å²) < 4.78 is 51.3. The summed E-state index contributed by atoms with van der Waals surface area (Å²) in [6.45, 7) is 1.40. The van der Waals surface area contributed by atoms with Crippen molar-refractivity contribution in [3.05, 3.63) is 59.4 Å². The van der Waals surface area contributed by atoms with Gasteiger partial charge in [0.15, 0.2) is 0 Å². The molecule has 0 spiro atoms. The fraction of sp³-hybridized carbons (Fsp3) is 0.143. The maximum absolute atomic E-state index is 13.0. The monoisotopic (exact) mass is 254 g/mol. The second kappa shape index (κ2) is 4.44. The third-order valence-corrected chi connectivity index (χ3v) is 2.70. The Hall–Kier alpha value is -1.84. The maximum Gasteiger partial charge on any atom is 0.416 e. The summed E-state index contributed by atoms with van der Waals surface area (Å²) in [4.78, 5) is 0. The van der Waals surface area contributed by atoms with Gasteiger partial charge in [-0.2, -0.15) is 13.2 Å². The van der Waals surface area contributed by atoms with E-state index in [1.807, 2.05) is 0 Å². The maximum atomic E-state index is 13.0. The summed E-state index contributed by atoms with van der Waals surface area (Å²) in [5.41, 5.74) is 0.250. The van der Waals surface area contributed by atoms with Crippen LogP contribution in [0.3, 0.4) is 0 Å². The van der Waals surface area contributed by atoms with E-state index in [2.05, 4.69) is 0 Å². The van der Waals surface area contributed by atoms with Crippen LogP contribution in [0.25, 0.3) is 11.1 Å². The molecule has 0 aliphatic rings. The lowest BCUT2D eigenvalue weighted by molar-refractivity contribution is -0.138. The zero-order chi connectivity index (χ0) is 13.3. The lowest BCUT2D eigenvalue weighted by Crippen LogP contribution is -2.07. The Kier molecular flexibility index (Phi) is 3.11. The van der Waals surface area contributed by atoms with Crippen molar-refractivity contribution in [1.82, 2.24) is 0 Å². The molecule has 0 fully saturated rings. The van der Waals surface area contributed by atoms with Gasteiger partial charge in [-0.3, -0.25) is 0 Å². The quantitative estimate of drug-likeness (QED) is 0.640. The molecule has 0 atom stereocenters. The molecule has 2 aromatic carbocycles. The Morgan fingerprint density at radius 1 is 0.889 bits per heavy atom. The van der Waals surface area contributed by atoms with Crippen LogP contribution in [0.2, 0.25) is 0 Å². The van der Waals surface area contributed by atoms with Crippen molar-refractivity contribution in [3.63, 3.8) is 0 Å². The molecule has 0 saturated carbocycles. The van der Waals surface area contributed by atoms with Gasteiger partial charge in [0.2, 0.25) is 0 Å². The van der Waals surface area contributed by atoms with Crippen molar-refractivity contribution in [2.45, 2.75) is 13.1 Å². The number of hydrogen-bond acceptors (Lipinski definition) is 0. The van der Waals surface area contributed by atoms with Crippen LogP contribution in [0.1, 0.15) is 11.1 Å². The van der Waals surface area contributed by atoms with Crippen LogP contribution in [-0.2, 0) is 6.18 Å². The van der Waals surface area contributed by atoms with Crippen molar-refractivity contribution in [2.75, 3.05) is 0 Å². The predicted octanol–water partition coefficient (Wildman–Crippen LogP) is 4.82. The van der Waals surface area contributed by atoms with Crippen LogP contribution in [0, 0.1) is 12.7 Å². The molecule has 0 aliphatic carbocycles. The summed E-state index contributed by atoms with van der Waals surface area (Å²) >= 11 is 0. The number of rotatable bonds is 1. The molecular weight excluding hydrogens is 244 g/mol. The standard InChI is InChI=1S/C14H10F4/c1-9-5-6-11(8-13(9)14(16,17)18)10-3-2-4-12(15)7-10/h2-8H,1H3. The average molecular weight is 254 g/mol. The third-order valence-electron chi connectivity index (χ3n) is 2.70. The lowest BCUT2D eigenvalue weighted by Gasteiger charge is -2.12. The van der Waals surface area contributed by atoms with E-state index in [-0.39, 0.29) is 5.56 Å². The smallest absolute Gasteiger partial charge is 0.207 e. The van der Waals surface area contributed by atoms with Gasteiger partial charge < -0.3 is 0 Å². The van der Waals surface area contributed by atoms with E-state index >= 15 is 0 Å². The first-order valence-electron chi connectivity index (χ1n) is 5.32. The average Bonchev–Trinajstić information content (AvgIpc) is 2.28. The van der Waals surface area contributed by atoms with Crippen molar-refractivity contribution in [1.29, 1.82) is 0 Å². The van der Waals surface area contributed by atoms with Crippen LogP contribution < -0.4 is 0 Å². The fourth-order valence-electron chi connectivity index (χ4n) is 1.78. The van der Waals surface area contributed by atoms with Gasteiger partial charge in [0, 0.05) is 0 Å². The van der Waals surface area contributed by atoms with Gasteiger partial charge in [0.25, 0.3) is 0 Å². The molecule has 4 heteroatoms. The Bertz CT molecular complexity index is 570. The zero-order valence-corrected chi connectivity index (χ0v) is 9.55. The summed E-state index contributed by atoms with van der Waals surface area (Å²) in [6, 6.07) is 9.51. The first-order chi connectivity index (χ1) is 8.38. The third kappa shape index (κ3) is 2.53. The molecule has 0 nitrogen and oxygen atoms in total. The summed E-state index contributed by atoms with van der Waals surface area (Å²) in [7, 11) is 0. The first-order valence-corrected chi connectivity index (χ1v) is 5.32. The zero-order valence-electron chi connectivity index (χ0n) is 9.55. The van der Waals surface area contributed by atoms with Crippen molar-refractivity contribution >= 4 is 0 Å². The molecule has 18 heavy (non-hydrogen) atoms. The summed E-state index contributed by atoms with van der Waals surface area (Å²) in [5.74, 6) is -0.471. The van der Waals surface area contributed by atoms with E-state index < -0.39 is 17.6 Å². The molecule has 0 unspecified atom stereocenters. The highest BCUT2D eigenvalue weighted by molar-refractivity contribution is 5.65. The van der Waals surface area contributed by atoms with Gasteiger partial charge in [-0.1, -0.05) is 24.3 Å². The number of halogens is 4. The molecule has 0 amide bonds. The molecule has 2 rings (SSSR count). The minimum absolute atomic E-state index is 0.155. The Labute approximate surface area is 102 Å². The molecule has 0 heterocycles. The number of alkyl halides is 3. The van der Waals surface area contributed by atoms with E-state index in [0.717, 1.165) is 6.07 Å². The van der Waals surface area contributed by atoms with E-state index in [0.29, 0.717) is 11.1 Å². The van der Waals surface area contributed by atoms with E-state index in [4.69, 9.17) is 0 Å². The van der Waals surface area contributed by atoms with Gasteiger partial charge in [0.05, 0.1) is 5.56 Å². The van der Waals surface area contributed by atoms with Crippen LogP contribution in [0.5, 0.6) is 0 Å². The van der Waals surface area contributed by atoms with Gasteiger partial charge >= 0.3 is 6.18 Å². The molecule has 0 saturated heterocycles. The van der Waals surface area contributed by atoms with Crippen molar-refractivity contribution < 1.29 is 17.6 Å². The molecular formula is C14H10F4. The minimum atomic E-state index is -4.40. The van der Waals surface area contributed by atoms with Crippen LogP contribution in [0.4, 0.5) is 17.6 Å². The predicted molar refractivity (Wildman–Crippen MR) is 61.6 cm³/mol. The largest absolute Gasteiger partial charge is 0.416 e. The highest BCUT2D eigenvalue weighted by Gasteiger charge is 2.32. The highest BCUT2D eigenvalue weighted by atomic mass is 19.4. The van der Waals surface area contributed by atoms with Crippen LogP contribution in [0.15, 0.2) is 42.5 Å². The molecule has 0 aromatic heterocycles. The molecule has 2 aromatic rings. The Morgan fingerprint density at radius 2 is 1.56 bits per heavy atom. The Balaban J connectivity index is 2.54. The lowest BCUT2D eigenvalue weighted by atomic mass is 9.99. The van der Waals surface area contributed by atoms with Gasteiger partial charge in [-0.05, 0) is 41.8 Å². The topological polar surface area (TPSA) is 0 Å². The molecule has 0 aliphatic heterocycles. The normalized spacial score (nSPS) is 11.6. The molecule has 0 radical (unpaired) electrons. The fourth-order valence-corrected chi connectivity index (χ4v) is 1.78. The van der Waals surface area contributed by atoms with Gasteiger partial charge in [-0.15, -0.1) is 0 Å². The second-order valence-corrected chi connectivity index (χ2v) is 4.04. The first kappa shape index (κ1) is 12.6. The van der Waals surface area contributed by atoms with Crippen LogP contribution in [-0.4, -0.2) is 0 Å². The Morgan fingerprint density at radius 3 is 2.17 bits per heavy atom.